The van der Waals surface area contributed by atoms with E-state index in [1.54, 1.807) is 0 Å². The quantitative estimate of drug-likeness (QED) is 0.891. The van der Waals surface area contributed by atoms with Crippen molar-refractivity contribution in [1.29, 1.82) is 0 Å². The van der Waals surface area contributed by atoms with Gasteiger partial charge in [0.1, 0.15) is 11.5 Å². The highest BCUT2D eigenvalue weighted by atomic mass is 35.5. The van der Waals surface area contributed by atoms with Crippen molar-refractivity contribution in [2.24, 2.45) is 0 Å². The van der Waals surface area contributed by atoms with Crippen molar-refractivity contribution in [2.45, 2.75) is 32.7 Å². The molecule has 5 heteroatoms. The standard InChI is InChI=1S/C19H24N2O2.ClH/c1-14-6-5-7-16(12-14)19(22)20-13-17(21-10-3-4-11-21)18-9-8-15(2)23-18;/h5-9,12,17H,3-4,10-11,13H2,1-2H3,(H,20,22);1H. The number of nitrogens with one attached hydrogen (secondary N) is 1. The van der Waals surface area contributed by atoms with Crippen molar-refractivity contribution in [3.8, 4) is 0 Å². The molecule has 3 rings (SSSR count). The van der Waals surface area contributed by atoms with Crippen LogP contribution in [0.2, 0.25) is 0 Å². The van der Waals surface area contributed by atoms with Crippen LogP contribution in [0.4, 0.5) is 0 Å². The number of carbonyl (C=O) groups excluding carboxylic acids is 1. The Hall–Kier alpha value is -1.78. The van der Waals surface area contributed by atoms with E-state index in [9.17, 15) is 4.79 Å². The molecular weight excluding hydrogens is 324 g/mol. The zero-order chi connectivity index (χ0) is 16.2. The Balaban J connectivity index is 0.00000208. The van der Waals surface area contributed by atoms with Crippen molar-refractivity contribution in [3.05, 3.63) is 59.0 Å². The lowest BCUT2D eigenvalue weighted by molar-refractivity contribution is 0.0933. The number of halogens is 1. The fraction of sp³-hybridized carbons (Fsp3) is 0.421. The van der Waals surface area contributed by atoms with Crippen LogP contribution >= 0.6 is 12.4 Å². The molecule has 0 bridgehead atoms. The number of nitrogens with zero attached hydrogens (tertiary/aromatic N) is 1. The van der Waals surface area contributed by atoms with Gasteiger partial charge in [-0.05, 0) is 64.0 Å². The van der Waals surface area contributed by atoms with Crippen molar-refractivity contribution in [1.82, 2.24) is 10.2 Å². The minimum absolute atomic E-state index is 0. The molecule has 1 amide bonds. The Morgan fingerprint density at radius 1 is 1.21 bits per heavy atom. The van der Waals surface area contributed by atoms with Gasteiger partial charge in [0, 0.05) is 12.1 Å². The van der Waals surface area contributed by atoms with E-state index in [1.165, 1.54) is 12.8 Å². The molecule has 2 aromatic rings. The summed E-state index contributed by atoms with van der Waals surface area (Å²) < 4.78 is 5.82. The average Bonchev–Trinajstić information content (AvgIpc) is 3.20. The predicted octanol–water partition coefficient (Wildman–Crippen LogP) is 3.89. The SMILES string of the molecule is Cc1cccc(C(=O)NCC(c2ccc(C)o2)N2CCCC2)c1.Cl. The third kappa shape index (κ3) is 4.40. The number of carbonyl (C=O) groups is 1. The van der Waals surface area contributed by atoms with Gasteiger partial charge in [0.15, 0.2) is 0 Å². The number of hydrogen-bond donors (Lipinski definition) is 1. The van der Waals surface area contributed by atoms with Crippen LogP contribution in [0.5, 0.6) is 0 Å². The van der Waals surface area contributed by atoms with Crippen LogP contribution in [0, 0.1) is 13.8 Å². The summed E-state index contributed by atoms with van der Waals surface area (Å²) in [5, 5.41) is 3.07. The molecule has 1 aliphatic rings. The summed E-state index contributed by atoms with van der Waals surface area (Å²) in [6, 6.07) is 11.8. The molecule has 0 saturated carbocycles. The summed E-state index contributed by atoms with van der Waals surface area (Å²) in [6.07, 6.45) is 2.42. The highest BCUT2D eigenvalue weighted by molar-refractivity contribution is 5.94. The molecule has 1 aliphatic heterocycles. The van der Waals surface area contributed by atoms with Crippen LogP contribution in [-0.4, -0.2) is 30.4 Å². The maximum absolute atomic E-state index is 12.4. The largest absolute Gasteiger partial charge is 0.465 e. The van der Waals surface area contributed by atoms with Crippen molar-refractivity contribution in [2.75, 3.05) is 19.6 Å². The highest BCUT2D eigenvalue weighted by Crippen LogP contribution is 2.26. The van der Waals surface area contributed by atoms with Gasteiger partial charge in [-0.1, -0.05) is 17.7 Å². The lowest BCUT2D eigenvalue weighted by Gasteiger charge is -2.26. The van der Waals surface area contributed by atoms with E-state index in [4.69, 9.17) is 4.42 Å². The van der Waals surface area contributed by atoms with Crippen molar-refractivity contribution >= 4 is 18.3 Å². The maximum atomic E-state index is 12.4. The first kappa shape index (κ1) is 18.6. The zero-order valence-corrected chi connectivity index (χ0v) is 15.1. The van der Waals surface area contributed by atoms with E-state index in [0.29, 0.717) is 12.1 Å². The Morgan fingerprint density at radius 3 is 2.58 bits per heavy atom. The molecular formula is C19H25ClN2O2. The molecule has 1 N–H and O–H groups in total. The van der Waals surface area contributed by atoms with Crippen LogP contribution in [0.1, 0.15) is 46.3 Å². The number of likely N-dealkylation sites (tertiary alicyclic amines) is 1. The predicted molar refractivity (Wildman–Crippen MR) is 97.8 cm³/mol. The smallest absolute Gasteiger partial charge is 0.251 e. The second-order valence-electron chi connectivity index (χ2n) is 6.29. The highest BCUT2D eigenvalue weighted by Gasteiger charge is 2.26. The number of amides is 1. The van der Waals surface area contributed by atoms with Crippen LogP contribution in [0.15, 0.2) is 40.8 Å². The van der Waals surface area contributed by atoms with E-state index in [2.05, 4.69) is 10.2 Å². The zero-order valence-electron chi connectivity index (χ0n) is 14.2. The summed E-state index contributed by atoms with van der Waals surface area (Å²) in [5.41, 5.74) is 1.80. The molecule has 0 radical (unpaired) electrons. The first-order chi connectivity index (χ1) is 11.1. The number of rotatable bonds is 5. The Bertz CT molecular complexity index is 678. The van der Waals surface area contributed by atoms with Gasteiger partial charge in [-0.25, -0.2) is 0 Å². The molecule has 1 aromatic carbocycles. The molecule has 0 spiro atoms. The fourth-order valence-electron chi connectivity index (χ4n) is 3.17. The number of benzene rings is 1. The fourth-order valence-corrected chi connectivity index (χ4v) is 3.17. The van der Waals surface area contributed by atoms with Crippen LogP contribution in [0.25, 0.3) is 0 Å². The van der Waals surface area contributed by atoms with Crippen LogP contribution < -0.4 is 5.32 Å². The third-order valence-electron chi connectivity index (χ3n) is 4.41. The average molecular weight is 349 g/mol. The molecule has 0 aliphatic carbocycles. The van der Waals surface area contributed by atoms with Gasteiger partial charge in [0.25, 0.3) is 5.91 Å². The van der Waals surface area contributed by atoms with Gasteiger partial charge in [0.2, 0.25) is 0 Å². The third-order valence-corrected chi connectivity index (χ3v) is 4.41. The molecule has 1 fully saturated rings. The summed E-state index contributed by atoms with van der Waals surface area (Å²) in [7, 11) is 0. The molecule has 2 heterocycles. The number of furan rings is 1. The van der Waals surface area contributed by atoms with E-state index < -0.39 is 0 Å². The minimum atomic E-state index is -0.0267. The number of aryl methyl sites for hydroxylation is 2. The Labute approximate surface area is 149 Å². The Kier molecular flexibility index (Phi) is 6.46. The molecule has 4 nitrogen and oxygen atoms in total. The van der Waals surface area contributed by atoms with E-state index in [1.807, 2.05) is 50.2 Å². The van der Waals surface area contributed by atoms with Gasteiger partial charge in [-0.15, -0.1) is 12.4 Å². The summed E-state index contributed by atoms with van der Waals surface area (Å²) in [6.45, 7) is 6.64. The molecule has 24 heavy (non-hydrogen) atoms. The normalized spacial score (nSPS) is 15.8. The molecule has 1 aromatic heterocycles. The summed E-state index contributed by atoms with van der Waals surface area (Å²) in [4.78, 5) is 14.8. The lowest BCUT2D eigenvalue weighted by Crippen LogP contribution is -2.36. The maximum Gasteiger partial charge on any atom is 0.251 e. The van der Waals surface area contributed by atoms with Gasteiger partial charge >= 0.3 is 0 Å². The molecule has 1 atom stereocenters. The lowest BCUT2D eigenvalue weighted by atomic mass is 10.1. The van der Waals surface area contributed by atoms with Gasteiger partial charge in [0.05, 0.1) is 6.04 Å². The van der Waals surface area contributed by atoms with Gasteiger partial charge in [-0.3, -0.25) is 9.69 Å². The first-order valence-corrected chi connectivity index (χ1v) is 8.29. The van der Waals surface area contributed by atoms with E-state index >= 15 is 0 Å². The van der Waals surface area contributed by atoms with Crippen molar-refractivity contribution in [3.63, 3.8) is 0 Å². The molecule has 1 saturated heterocycles. The van der Waals surface area contributed by atoms with Crippen molar-refractivity contribution < 1.29 is 9.21 Å². The van der Waals surface area contributed by atoms with Gasteiger partial charge < -0.3 is 9.73 Å². The molecule has 130 valence electrons. The second kappa shape index (κ2) is 8.36. The Morgan fingerprint density at radius 2 is 1.96 bits per heavy atom. The first-order valence-electron chi connectivity index (χ1n) is 8.29. The molecule has 1 unspecified atom stereocenters. The second-order valence-corrected chi connectivity index (χ2v) is 6.29. The minimum Gasteiger partial charge on any atom is -0.465 e. The van der Waals surface area contributed by atoms with E-state index in [-0.39, 0.29) is 24.4 Å². The monoisotopic (exact) mass is 348 g/mol. The topological polar surface area (TPSA) is 45.5 Å². The summed E-state index contributed by atoms with van der Waals surface area (Å²) in [5.74, 6) is 1.82. The number of hydrogen-bond acceptors (Lipinski definition) is 3. The van der Waals surface area contributed by atoms with Gasteiger partial charge in [-0.2, -0.15) is 0 Å². The van der Waals surface area contributed by atoms with Crippen LogP contribution in [0.3, 0.4) is 0 Å². The summed E-state index contributed by atoms with van der Waals surface area (Å²) >= 11 is 0. The van der Waals surface area contributed by atoms with Crippen LogP contribution in [-0.2, 0) is 0 Å². The van der Waals surface area contributed by atoms with E-state index in [0.717, 1.165) is 30.2 Å².